The molecule has 0 spiro atoms. The lowest BCUT2D eigenvalue weighted by Gasteiger charge is -2.30. The smallest absolute Gasteiger partial charge is 0.227 e. The Kier molecular flexibility index (Phi) is 5.69. The molecule has 1 atom stereocenters. The van der Waals surface area contributed by atoms with Crippen LogP contribution in [0.1, 0.15) is 29.2 Å². The van der Waals surface area contributed by atoms with Crippen molar-refractivity contribution < 1.29 is 22.4 Å². The van der Waals surface area contributed by atoms with Crippen molar-refractivity contribution in [2.24, 2.45) is 0 Å². The van der Waals surface area contributed by atoms with Gasteiger partial charge in [0.05, 0.1) is 35.6 Å². The normalized spacial score (nSPS) is 16.8. The van der Waals surface area contributed by atoms with E-state index in [-0.39, 0.29) is 28.7 Å². The molecule has 2 aromatic carbocycles. The van der Waals surface area contributed by atoms with Crippen molar-refractivity contribution in [3.05, 3.63) is 94.9 Å². The van der Waals surface area contributed by atoms with Gasteiger partial charge in [-0.1, -0.05) is 29.8 Å². The first-order chi connectivity index (χ1) is 14.9. The third-order valence-electron chi connectivity index (χ3n) is 5.37. The molecule has 1 aromatic heterocycles. The average Bonchev–Trinajstić information content (AvgIpc) is 3.30. The Balaban J connectivity index is 1.74. The maximum absolute atomic E-state index is 13.5. The van der Waals surface area contributed by atoms with Crippen LogP contribution in [-0.2, 0) is 21.2 Å². The number of rotatable bonds is 6. The molecular formula is C24H23NO5S. The Morgan fingerprint density at radius 2 is 1.77 bits per heavy atom. The molecule has 31 heavy (non-hydrogen) atoms. The number of hydrogen-bond donors (Lipinski definition) is 0. The fraction of sp³-hybridized carbons (Fsp3) is 0.208. The zero-order valence-electron chi connectivity index (χ0n) is 17.3. The van der Waals surface area contributed by atoms with Crippen LogP contribution in [0.2, 0.25) is 0 Å². The summed E-state index contributed by atoms with van der Waals surface area (Å²) in [6, 6.07) is 17.4. The second-order valence-electron chi connectivity index (χ2n) is 7.49. The number of allylic oxidation sites excluding steroid dienone is 1. The van der Waals surface area contributed by atoms with Gasteiger partial charge in [0.1, 0.15) is 11.5 Å². The topological polar surface area (TPSA) is 76.8 Å². The van der Waals surface area contributed by atoms with Crippen molar-refractivity contribution >= 4 is 15.7 Å². The minimum absolute atomic E-state index is 0.0145. The molecule has 3 aromatic rings. The highest BCUT2D eigenvalue weighted by Crippen LogP contribution is 2.39. The molecule has 6 nitrogen and oxygen atoms in total. The van der Waals surface area contributed by atoms with Crippen molar-refractivity contribution in [2.75, 3.05) is 7.11 Å². The van der Waals surface area contributed by atoms with Gasteiger partial charge in [-0.15, -0.1) is 0 Å². The number of sulfone groups is 1. The highest BCUT2D eigenvalue weighted by molar-refractivity contribution is 7.95. The maximum Gasteiger partial charge on any atom is 0.227 e. The van der Waals surface area contributed by atoms with Crippen molar-refractivity contribution in [1.82, 2.24) is 4.90 Å². The van der Waals surface area contributed by atoms with Crippen molar-refractivity contribution in [1.29, 1.82) is 0 Å². The van der Waals surface area contributed by atoms with Gasteiger partial charge in [0.15, 0.2) is 0 Å². The van der Waals surface area contributed by atoms with Gasteiger partial charge in [-0.25, -0.2) is 8.42 Å². The summed E-state index contributed by atoms with van der Waals surface area (Å²) in [6.07, 6.45) is 2.96. The van der Waals surface area contributed by atoms with Crippen LogP contribution in [0.25, 0.3) is 0 Å². The van der Waals surface area contributed by atoms with Crippen molar-refractivity contribution in [3.63, 3.8) is 0 Å². The summed E-state index contributed by atoms with van der Waals surface area (Å²) < 4.78 is 37.7. The van der Waals surface area contributed by atoms with E-state index in [1.165, 1.54) is 17.4 Å². The van der Waals surface area contributed by atoms with E-state index in [9.17, 15) is 13.2 Å². The molecule has 160 valence electrons. The van der Waals surface area contributed by atoms with Gasteiger partial charge in [0.2, 0.25) is 15.7 Å². The van der Waals surface area contributed by atoms with E-state index >= 15 is 0 Å². The first-order valence-corrected chi connectivity index (χ1v) is 11.4. The van der Waals surface area contributed by atoms with Crippen molar-refractivity contribution in [2.45, 2.75) is 30.7 Å². The second kappa shape index (κ2) is 8.43. The van der Waals surface area contributed by atoms with Gasteiger partial charge >= 0.3 is 0 Å². The van der Waals surface area contributed by atoms with Crippen LogP contribution in [0, 0.1) is 6.92 Å². The summed E-state index contributed by atoms with van der Waals surface area (Å²) in [4.78, 5) is 14.7. The predicted molar refractivity (Wildman–Crippen MR) is 116 cm³/mol. The third-order valence-corrected chi connectivity index (χ3v) is 7.27. The van der Waals surface area contributed by atoms with E-state index in [1.54, 1.807) is 43.5 Å². The van der Waals surface area contributed by atoms with E-state index < -0.39 is 15.8 Å². The lowest BCUT2D eigenvalue weighted by atomic mass is 9.98. The Labute approximate surface area is 181 Å². The molecule has 1 aliphatic heterocycles. The standard InChI is InChI=1S/C24H23NO5S/c1-17-5-11-20(12-6-17)31(27,28)23-16-25(15-18-7-9-19(29-2)10-8-18)24(26)14-21(23)22-4-3-13-30-22/h3-13,16,21H,14-15H2,1-2H3. The summed E-state index contributed by atoms with van der Waals surface area (Å²) in [6.45, 7) is 2.16. The largest absolute Gasteiger partial charge is 0.497 e. The van der Waals surface area contributed by atoms with Crippen LogP contribution in [0.4, 0.5) is 0 Å². The molecule has 0 saturated heterocycles. The van der Waals surface area contributed by atoms with Gasteiger partial charge in [-0.05, 0) is 48.9 Å². The summed E-state index contributed by atoms with van der Waals surface area (Å²) in [7, 11) is -2.24. The molecule has 2 heterocycles. The number of carbonyl (C=O) groups excluding carboxylic acids is 1. The van der Waals surface area contributed by atoms with Gasteiger partial charge in [0.25, 0.3) is 0 Å². The van der Waals surface area contributed by atoms with Gasteiger partial charge in [0, 0.05) is 12.6 Å². The number of furan rings is 1. The molecule has 0 N–H and O–H groups in total. The lowest BCUT2D eigenvalue weighted by molar-refractivity contribution is -0.130. The summed E-state index contributed by atoms with van der Waals surface area (Å²) in [5, 5.41) is 0. The number of benzene rings is 2. The first-order valence-electron chi connectivity index (χ1n) is 9.88. The molecular weight excluding hydrogens is 414 g/mol. The summed E-state index contributed by atoms with van der Waals surface area (Å²) in [5.74, 6) is 0.338. The molecule has 1 aliphatic rings. The van der Waals surface area contributed by atoms with Gasteiger partial charge in [-0.2, -0.15) is 0 Å². The van der Waals surface area contributed by atoms with Crippen molar-refractivity contribution in [3.8, 4) is 5.75 Å². The zero-order valence-corrected chi connectivity index (χ0v) is 18.1. The van der Waals surface area contributed by atoms with Crippen LogP contribution in [0.15, 0.2) is 87.3 Å². The number of nitrogens with zero attached hydrogens (tertiary/aromatic N) is 1. The maximum atomic E-state index is 13.5. The van der Waals surface area contributed by atoms with Crippen LogP contribution in [0.5, 0.6) is 5.75 Å². The minimum Gasteiger partial charge on any atom is -0.497 e. The molecule has 7 heteroatoms. The first kappa shape index (κ1) is 20.9. The molecule has 4 rings (SSSR count). The van der Waals surface area contributed by atoms with Crippen LogP contribution >= 0.6 is 0 Å². The Hall–Kier alpha value is -3.32. The van der Waals surface area contributed by atoms with Gasteiger partial charge in [-0.3, -0.25) is 4.79 Å². The average molecular weight is 438 g/mol. The molecule has 0 radical (unpaired) electrons. The van der Waals surface area contributed by atoms with Gasteiger partial charge < -0.3 is 14.1 Å². The minimum atomic E-state index is -3.83. The highest BCUT2D eigenvalue weighted by Gasteiger charge is 2.38. The van der Waals surface area contributed by atoms with E-state index in [4.69, 9.17) is 9.15 Å². The van der Waals surface area contributed by atoms with E-state index in [2.05, 4.69) is 0 Å². The Bertz CT molecular complexity index is 1190. The third kappa shape index (κ3) is 4.27. The quantitative estimate of drug-likeness (QED) is 0.570. The molecule has 0 bridgehead atoms. The fourth-order valence-electron chi connectivity index (χ4n) is 3.61. The SMILES string of the molecule is COc1ccc(CN2C=C(S(=O)(=O)c3ccc(C)cc3)C(c3ccco3)CC2=O)cc1. The number of ether oxygens (including phenoxy) is 1. The highest BCUT2D eigenvalue weighted by atomic mass is 32.2. The Morgan fingerprint density at radius 1 is 1.06 bits per heavy atom. The molecule has 0 aliphatic carbocycles. The molecule has 1 amide bonds. The predicted octanol–water partition coefficient (Wildman–Crippen LogP) is 4.43. The molecule has 0 saturated carbocycles. The number of hydrogen-bond acceptors (Lipinski definition) is 5. The fourth-order valence-corrected chi connectivity index (χ4v) is 5.22. The number of amides is 1. The van der Waals surface area contributed by atoms with E-state index in [0.717, 1.165) is 11.1 Å². The Morgan fingerprint density at radius 3 is 2.39 bits per heavy atom. The summed E-state index contributed by atoms with van der Waals surface area (Å²) >= 11 is 0. The monoisotopic (exact) mass is 437 g/mol. The van der Waals surface area contributed by atoms with Crippen LogP contribution in [0.3, 0.4) is 0 Å². The number of carbonyl (C=O) groups is 1. The van der Waals surface area contributed by atoms with Crippen LogP contribution in [-0.4, -0.2) is 26.3 Å². The molecule has 1 unspecified atom stereocenters. The zero-order chi connectivity index (χ0) is 22.0. The molecule has 0 fully saturated rings. The lowest BCUT2D eigenvalue weighted by Crippen LogP contribution is -2.34. The van der Waals surface area contributed by atoms with E-state index in [0.29, 0.717) is 11.5 Å². The van der Waals surface area contributed by atoms with Crippen LogP contribution < -0.4 is 4.74 Å². The number of methoxy groups -OCH3 is 1. The number of aryl methyl sites for hydroxylation is 1. The summed E-state index contributed by atoms with van der Waals surface area (Å²) in [5.41, 5.74) is 1.84. The second-order valence-corrected chi connectivity index (χ2v) is 9.44. The van der Waals surface area contributed by atoms with E-state index in [1.807, 2.05) is 31.2 Å².